The standard InChI is InChI=1S/2C15H10O5S.Zn/c2*1-21(19)9-3-4-10-13(7-9)20-12-5-2-8(15(17)18)6-11(12)14(10)16;/h2*2-7H,1H3,(H,17,18);/q;;+2/p-2. The van der Waals surface area contributed by atoms with Crippen LogP contribution >= 0.6 is 0 Å². The van der Waals surface area contributed by atoms with Crippen LogP contribution in [0.15, 0.2) is 101 Å². The van der Waals surface area contributed by atoms with Crippen molar-refractivity contribution in [1.82, 2.24) is 0 Å². The van der Waals surface area contributed by atoms with E-state index in [0.29, 0.717) is 31.7 Å². The zero-order valence-electron chi connectivity index (χ0n) is 22.5. The third kappa shape index (κ3) is 6.24. The number of aromatic carboxylic acids is 2. The fourth-order valence-corrected chi connectivity index (χ4v) is 5.35. The summed E-state index contributed by atoms with van der Waals surface area (Å²) in [5, 5.41) is 22.7. The molecule has 0 aliphatic heterocycles. The van der Waals surface area contributed by atoms with Crippen molar-refractivity contribution >= 4 is 77.4 Å². The van der Waals surface area contributed by atoms with Crippen molar-refractivity contribution in [3.8, 4) is 0 Å². The van der Waals surface area contributed by atoms with Gasteiger partial charge in [-0.2, -0.15) is 0 Å². The van der Waals surface area contributed by atoms with Gasteiger partial charge < -0.3 is 28.6 Å². The van der Waals surface area contributed by atoms with Crippen molar-refractivity contribution in [1.29, 1.82) is 0 Å². The van der Waals surface area contributed by atoms with E-state index < -0.39 is 33.5 Å². The number of hydrogen-bond donors (Lipinski definition) is 0. The Hall–Kier alpha value is -4.32. The minimum atomic E-state index is -1.35. The molecule has 0 amide bonds. The number of rotatable bonds is 4. The maximum absolute atomic E-state index is 12.4. The summed E-state index contributed by atoms with van der Waals surface area (Å²) in [5.74, 6) is -2.71. The van der Waals surface area contributed by atoms with Crippen LogP contribution in [0.4, 0.5) is 0 Å². The van der Waals surface area contributed by atoms with E-state index in [0.717, 1.165) is 0 Å². The van der Waals surface area contributed by atoms with E-state index in [1.165, 1.54) is 61.0 Å². The summed E-state index contributed by atoms with van der Waals surface area (Å²) >= 11 is 0. The van der Waals surface area contributed by atoms with E-state index in [2.05, 4.69) is 0 Å². The molecule has 0 spiro atoms. The average molecular weight is 668 g/mol. The van der Waals surface area contributed by atoms with Crippen molar-refractivity contribution in [2.24, 2.45) is 0 Å². The summed E-state index contributed by atoms with van der Waals surface area (Å²) in [7, 11) is -2.37. The number of benzene rings is 4. The van der Waals surface area contributed by atoms with Gasteiger partial charge in [0, 0.05) is 43.9 Å². The first-order chi connectivity index (χ1) is 19.9. The minimum Gasteiger partial charge on any atom is -0.545 e. The van der Waals surface area contributed by atoms with Gasteiger partial charge in [0.25, 0.3) is 0 Å². The molecule has 6 aromatic rings. The monoisotopic (exact) mass is 666 g/mol. The van der Waals surface area contributed by atoms with Gasteiger partial charge in [0.2, 0.25) is 10.9 Å². The Morgan fingerprint density at radius 1 is 0.558 bits per heavy atom. The quantitative estimate of drug-likeness (QED) is 0.200. The van der Waals surface area contributed by atoms with Crippen molar-refractivity contribution in [3.05, 3.63) is 104 Å². The summed E-state index contributed by atoms with van der Waals surface area (Å²) in [4.78, 5) is 47.6. The van der Waals surface area contributed by atoms with Crippen LogP contribution in [0.25, 0.3) is 43.9 Å². The molecule has 4 aromatic carbocycles. The molecule has 2 aromatic heterocycles. The predicted octanol–water partition coefficient (Wildman–Crippen LogP) is 2.09. The van der Waals surface area contributed by atoms with Crippen molar-refractivity contribution in [2.75, 3.05) is 12.5 Å². The Morgan fingerprint density at radius 2 is 0.930 bits per heavy atom. The molecule has 0 N–H and O–H groups in total. The number of hydrogen-bond acceptors (Lipinski definition) is 10. The molecule has 0 saturated heterocycles. The largest absolute Gasteiger partial charge is 2.00 e. The Morgan fingerprint density at radius 3 is 1.26 bits per heavy atom. The molecule has 0 aliphatic rings. The molecule has 2 atom stereocenters. The van der Waals surface area contributed by atoms with Crippen LogP contribution in [-0.2, 0) is 41.1 Å². The van der Waals surface area contributed by atoms with Crippen LogP contribution in [0.1, 0.15) is 20.7 Å². The SMILES string of the molecule is CS(=O)c1ccc2c(=O)c3cc(C(=O)[O-])ccc3oc2c1.CS(=O)c1ccc2c(=O)c3cc(C(=O)[O-])ccc3oc2c1.[Zn+2]. The molecule has 0 fully saturated rings. The van der Waals surface area contributed by atoms with E-state index in [9.17, 15) is 37.8 Å². The fraction of sp³-hybridized carbons (Fsp3) is 0.0667. The number of fused-ring (bicyclic) bond motifs is 4. The van der Waals surface area contributed by atoms with Crippen LogP contribution in [-0.4, -0.2) is 32.9 Å². The Kier molecular flexibility index (Phi) is 9.19. The number of carbonyl (C=O) groups is 2. The maximum atomic E-state index is 12.4. The Bertz CT molecular complexity index is 2110. The second kappa shape index (κ2) is 12.5. The van der Waals surface area contributed by atoms with E-state index in [4.69, 9.17) is 8.83 Å². The molecule has 0 radical (unpaired) electrons. The molecule has 0 bridgehead atoms. The smallest absolute Gasteiger partial charge is 0.545 e. The first kappa shape index (κ1) is 31.6. The maximum Gasteiger partial charge on any atom is 2.00 e. The molecular weight excluding hydrogens is 650 g/mol. The molecule has 6 rings (SSSR count). The number of carbonyl (C=O) groups excluding carboxylic acids is 2. The van der Waals surface area contributed by atoms with Crippen LogP contribution < -0.4 is 21.1 Å². The third-order valence-electron chi connectivity index (χ3n) is 6.42. The molecule has 2 heterocycles. The van der Waals surface area contributed by atoms with Gasteiger partial charge in [0.15, 0.2) is 0 Å². The van der Waals surface area contributed by atoms with E-state index in [1.54, 1.807) is 24.3 Å². The fourth-order valence-electron chi connectivity index (χ4n) is 4.28. The zero-order chi connectivity index (χ0) is 30.3. The molecule has 0 saturated carbocycles. The molecule has 0 aliphatic carbocycles. The third-order valence-corrected chi connectivity index (χ3v) is 8.25. The van der Waals surface area contributed by atoms with Crippen LogP contribution in [0, 0.1) is 0 Å². The molecule has 2 unspecified atom stereocenters. The second-order valence-corrected chi connectivity index (χ2v) is 11.8. The molecule has 10 nitrogen and oxygen atoms in total. The van der Waals surface area contributed by atoms with Crippen LogP contribution in [0.3, 0.4) is 0 Å². The molecule has 13 heteroatoms. The number of carboxylic acids is 2. The van der Waals surface area contributed by atoms with Crippen LogP contribution in [0.2, 0.25) is 0 Å². The van der Waals surface area contributed by atoms with E-state index in [1.807, 2.05) is 0 Å². The normalized spacial score (nSPS) is 12.3. The second-order valence-electron chi connectivity index (χ2n) is 9.08. The summed E-state index contributed by atoms with van der Waals surface area (Å²) in [5.41, 5.74) is 0.363. The molecular formula is C30H18O10S2Zn. The number of carboxylic acid groups (broad SMARTS) is 2. The van der Waals surface area contributed by atoms with Crippen molar-refractivity contribution < 1.29 is 56.5 Å². The summed E-state index contributed by atoms with van der Waals surface area (Å²) in [6.07, 6.45) is 3.07. The van der Waals surface area contributed by atoms with Gasteiger partial charge in [-0.1, -0.05) is 0 Å². The summed E-state index contributed by atoms with van der Waals surface area (Å²) in [6.45, 7) is 0. The molecule has 43 heavy (non-hydrogen) atoms. The topological polar surface area (TPSA) is 175 Å². The Balaban J connectivity index is 0.000000192. The van der Waals surface area contributed by atoms with Crippen molar-refractivity contribution in [2.45, 2.75) is 9.79 Å². The Labute approximate surface area is 259 Å². The zero-order valence-corrected chi connectivity index (χ0v) is 27.1. The van der Waals surface area contributed by atoms with Gasteiger partial charge >= 0.3 is 19.5 Å². The first-order valence-electron chi connectivity index (χ1n) is 12.1. The van der Waals surface area contributed by atoms with Crippen LogP contribution in [0.5, 0.6) is 0 Å². The summed E-state index contributed by atoms with van der Waals surface area (Å²) < 4.78 is 34.2. The van der Waals surface area contributed by atoms with Gasteiger partial charge in [0.1, 0.15) is 22.3 Å². The van der Waals surface area contributed by atoms with Gasteiger partial charge in [-0.05, 0) is 83.9 Å². The summed E-state index contributed by atoms with van der Waals surface area (Å²) in [6, 6.07) is 17.3. The predicted molar refractivity (Wildman–Crippen MR) is 153 cm³/mol. The van der Waals surface area contributed by atoms with Gasteiger partial charge in [-0.15, -0.1) is 0 Å². The molecule has 212 valence electrons. The first-order valence-corrected chi connectivity index (χ1v) is 15.2. The van der Waals surface area contributed by atoms with Gasteiger partial charge in [-0.3, -0.25) is 18.0 Å². The van der Waals surface area contributed by atoms with Crippen molar-refractivity contribution in [3.63, 3.8) is 0 Å². The van der Waals surface area contributed by atoms with Gasteiger partial charge in [0.05, 0.1) is 33.5 Å². The average Bonchev–Trinajstić information content (AvgIpc) is 2.96. The van der Waals surface area contributed by atoms with E-state index >= 15 is 0 Å². The van der Waals surface area contributed by atoms with Gasteiger partial charge in [-0.25, -0.2) is 0 Å². The van der Waals surface area contributed by atoms with E-state index in [-0.39, 0.29) is 63.4 Å². The minimum absolute atomic E-state index is 0.